The predicted octanol–water partition coefficient (Wildman–Crippen LogP) is 0.657. The molecule has 1 unspecified atom stereocenters. The molecule has 0 aromatic carbocycles. The molecule has 1 atom stereocenters. The van der Waals surface area contributed by atoms with Crippen LogP contribution >= 0.6 is 0 Å². The summed E-state index contributed by atoms with van der Waals surface area (Å²) < 4.78 is 7.55. The van der Waals surface area contributed by atoms with Crippen LogP contribution in [0.15, 0.2) is 12.5 Å². The Morgan fingerprint density at radius 2 is 2.41 bits per heavy atom. The number of hydrogen-bond acceptors (Lipinski definition) is 4. The summed E-state index contributed by atoms with van der Waals surface area (Å²) in [4.78, 5) is 6.47. The smallest absolute Gasteiger partial charge is 0.0951 e. The first-order chi connectivity index (χ1) is 8.22. The number of imidazole rings is 1. The first kappa shape index (κ1) is 12.5. The molecule has 1 fully saturated rings. The van der Waals surface area contributed by atoms with Crippen molar-refractivity contribution in [2.24, 2.45) is 0 Å². The van der Waals surface area contributed by atoms with Gasteiger partial charge in [-0.25, -0.2) is 4.98 Å². The number of aromatic nitrogens is 2. The Bertz CT molecular complexity index is 351. The molecule has 96 valence electrons. The molecule has 2 heterocycles. The highest BCUT2D eigenvalue weighted by atomic mass is 16.5. The van der Waals surface area contributed by atoms with Crippen molar-refractivity contribution in [1.82, 2.24) is 14.5 Å². The largest absolute Gasteiger partial charge is 0.395 e. The second kappa shape index (κ2) is 5.62. The molecule has 17 heavy (non-hydrogen) atoms. The Morgan fingerprint density at radius 3 is 3.12 bits per heavy atom. The molecular weight excluding hydrogens is 218 g/mol. The molecule has 1 saturated heterocycles. The van der Waals surface area contributed by atoms with Gasteiger partial charge in [0, 0.05) is 25.3 Å². The van der Waals surface area contributed by atoms with Gasteiger partial charge >= 0.3 is 0 Å². The number of ether oxygens (including phenoxy) is 1. The molecule has 1 N–H and O–H groups in total. The van der Waals surface area contributed by atoms with Crippen molar-refractivity contribution in [3.05, 3.63) is 18.2 Å². The minimum absolute atomic E-state index is 0.110. The maximum atomic E-state index is 9.32. The van der Waals surface area contributed by atoms with Crippen LogP contribution in [0.4, 0.5) is 0 Å². The van der Waals surface area contributed by atoms with Gasteiger partial charge in [-0.3, -0.25) is 4.90 Å². The minimum Gasteiger partial charge on any atom is -0.395 e. The van der Waals surface area contributed by atoms with Crippen LogP contribution in [0.1, 0.15) is 25.6 Å². The summed E-state index contributed by atoms with van der Waals surface area (Å²) in [6.07, 6.45) is 3.78. The van der Waals surface area contributed by atoms with Crippen LogP contribution in [0.3, 0.4) is 0 Å². The molecule has 0 radical (unpaired) electrons. The summed E-state index contributed by atoms with van der Waals surface area (Å²) in [6, 6.07) is 0.528. The molecule has 1 aliphatic heterocycles. The van der Waals surface area contributed by atoms with Crippen LogP contribution in [0.2, 0.25) is 0 Å². The Balaban J connectivity index is 2.05. The number of hydrogen-bond donors (Lipinski definition) is 1. The zero-order chi connectivity index (χ0) is 12.3. The van der Waals surface area contributed by atoms with Crippen molar-refractivity contribution in [3.8, 4) is 0 Å². The van der Waals surface area contributed by atoms with E-state index in [0.717, 1.165) is 19.7 Å². The molecule has 0 aliphatic carbocycles. The Labute approximate surface area is 102 Å². The van der Waals surface area contributed by atoms with E-state index in [1.165, 1.54) is 5.69 Å². The second-order valence-corrected chi connectivity index (χ2v) is 4.77. The van der Waals surface area contributed by atoms with Crippen molar-refractivity contribution in [3.63, 3.8) is 0 Å². The first-order valence-electron chi connectivity index (χ1n) is 6.15. The zero-order valence-corrected chi connectivity index (χ0v) is 10.5. The molecule has 1 aromatic heterocycles. The SMILES string of the molecule is CC(C)n1cncc1CN1CCOCC1CO. The number of nitrogens with zero attached hydrogens (tertiary/aromatic N) is 3. The van der Waals surface area contributed by atoms with Gasteiger partial charge in [0.2, 0.25) is 0 Å². The van der Waals surface area contributed by atoms with Crippen molar-refractivity contribution in [1.29, 1.82) is 0 Å². The van der Waals surface area contributed by atoms with E-state index >= 15 is 0 Å². The van der Waals surface area contributed by atoms with Crippen LogP contribution in [0.5, 0.6) is 0 Å². The lowest BCUT2D eigenvalue weighted by molar-refractivity contribution is -0.0322. The molecule has 5 heteroatoms. The van der Waals surface area contributed by atoms with Gasteiger partial charge in [0.1, 0.15) is 0 Å². The van der Waals surface area contributed by atoms with E-state index in [2.05, 4.69) is 28.3 Å². The van der Waals surface area contributed by atoms with Gasteiger partial charge in [0.25, 0.3) is 0 Å². The van der Waals surface area contributed by atoms with Crippen molar-refractivity contribution in [2.45, 2.75) is 32.5 Å². The molecule has 0 spiro atoms. The Morgan fingerprint density at radius 1 is 1.59 bits per heavy atom. The maximum Gasteiger partial charge on any atom is 0.0951 e. The maximum absolute atomic E-state index is 9.32. The van der Waals surface area contributed by atoms with Crippen LogP contribution < -0.4 is 0 Å². The average molecular weight is 239 g/mol. The van der Waals surface area contributed by atoms with Crippen LogP contribution in [0, 0.1) is 0 Å². The highest BCUT2D eigenvalue weighted by Gasteiger charge is 2.23. The standard InChI is InChI=1S/C12H21N3O2/c1-10(2)15-9-13-5-11(15)6-14-3-4-17-8-12(14)7-16/h5,9-10,12,16H,3-4,6-8H2,1-2H3. The van der Waals surface area contributed by atoms with Gasteiger partial charge < -0.3 is 14.4 Å². The van der Waals surface area contributed by atoms with Crippen LogP contribution in [0.25, 0.3) is 0 Å². The van der Waals surface area contributed by atoms with Crippen molar-refractivity contribution in [2.75, 3.05) is 26.4 Å². The Hall–Kier alpha value is -0.910. The molecule has 0 amide bonds. The lowest BCUT2D eigenvalue weighted by Crippen LogP contribution is -2.47. The molecule has 5 nitrogen and oxygen atoms in total. The summed E-state index contributed by atoms with van der Waals surface area (Å²) in [7, 11) is 0. The van der Waals surface area contributed by atoms with Gasteiger partial charge in [0.05, 0.1) is 37.9 Å². The third-order valence-electron chi connectivity index (χ3n) is 3.23. The number of morpholine rings is 1. The molecular formula is C12H21N3O2. The van der Waals surface area contributed by atoms with Gasteiger partial charge in [-0.2, -0.15) is 0 Å². The topological polar surface area (TPSA) is 50.5 Å². The molecule has 1 aromatic rings. The van der Waals surface area contributed by atoms with Crippen LogP contribution in [-0.2, 0) is 11.3 Å². The highest BCUT2D eigenvalue weighted by Crippen LogP contribution is 2.15. The lowest BCUT2D eigenvalue weighted by Gasteiger charge is -2.34. The number of aliphatic hydroxyl groups excluding tert-OH is 1. The average Bonchev–Trinajstić information content (AvgIpc) is 2.78. The third-order valence-corrected chi connectivity index (χ3v) is 3.23. The molecule has 0 saturated carbocycles. The quantitative estimate of drug-likeness (QED) is 0.838. The van der Waals surface area contributed by atoms with E-state index in [-0.39, 0.29) is 12.6 Å². The van der Waals surface area contributed by atoms with Gasteiger partial charge in [-0.05, 0) is 13.8 Å². The third kappa shape index (κ3) is 2.86. The first-order valence-corrected chi connectivity index (χ1v) is 6.15. The highest BCUT2D eigenvalue weighted by molar-refractivity contribution is 5.00. The van der Waals surface area contributed by atoms with Gasteiger partial charge in [-0.1, -0.05) is 0 Å². The van der Waals surface area contributed by atoms with E-state index < -0.39 is 0 Å². The van der Waals surface area contributed by atoms with Gasteiger partial charge in [-0.15, -0.1) is 0 Å². The fraction of sp³-hybridized carbons (Fsp3) is 0.750. The monoisotopic (exact) mass is 239 g/mol. The predicted molar refractivity (Wildman–Crippen MR) is 64.7 cm³/mol. The van der Waals surface area contributed by atoms with Crippen LogP contribution in [-0.4, -0.2) is 52.0 Å². The van der Waals surface area contributed by atoms with E-state index in [1.807, 2.05) is 12.5 Å². The fourth-order valence-corrected chi connectivity index (χ4v) is 2.19. The van der Waals surface area contributed by atoms with Crippen molar-refractivity contribution >= 4 is 0 Å². The van der Waals surface area contributed by atoms with Gasteiger partial charge in [0.15, 0.2) is 0 Å². The van der Waals surface area contributed by atoms with E-state index in [0.29, 0.717) is 12.6 Å². The molecule has 1 aliphatic rings. The normalized spacial score (nSPS) is 22.2. The summed E-state index contributed by atoms with van der Waals surface area (Å²) >= 11 is 0. The second-order valence-electron chi connectivity index (χ2n) is 4.77. The summed E-state index contributed by atoms with van der Waals surface area (Å²) in [5, 5.41) is 9.32. The minimum atomic E-state index is 0.110. The summed E-state index contributed by atoms with van der Waals surface area (Å²) in [5.41, 5.74) is 1.19. The van der Waals surface area contributed by atoms with E-state index in [4.69, 9.17) is 4.74 Å². The molecule has 0 bridgehead atoms. The van der Waals surface area contributed by atoms with E-state index in [9.17, 15) is 5.11 Å². The molecule has 2 rings (SSSR count). The summed E-state index contributed by atoms with van der Waals surface area (Å²) in [6.45, 7) is 7.50. The zero-order valence-electron chi connectivity index (χ0n) is 10.5. The Kier molecular flexibility index (Phi) is 4.15. The fourth-order valence-electron chi connectivity index (χ4n) is 2.19. The van der Waals surface area contributed by atoms with Crippen molar-refractivity contribution < 1.29 is 9.84 Å². The summed E-state index contributed by atoms with van der Waals surface area (Å²) in [5.74, 6) is 0. The number of rotatable bonds is 4. The van der Waals surface area contributed by atoms with E-state index in [1.54, 1.807) is 0 Å². The lowest BCUT2D eigenvalue weighted by atomic mass is 10.2. The number of aliphatic hydroxyl groups is 1.